The second-order valence-corrected chi connectivity index (χ2v) is 6.16. The van der Waals surface area contributed by atoms with Gasteiger partial charge in [0, 0.05) is 0 Å². The van der Waals surface area contributed by atoms with Gasteiger partial charge >= 0.3 is 0 Å². The molecule has 2 N–H and O–H groups in total. The number of halogens is 1. The number of nitrogens with zero attached hydrogens (tertiary/aromatic N) is 2. The molecule has 0 bridgehead atoms. The SMILES string of the molecule is CC[NH+](CC)CCn1c(=N)n(CC(=O)c2ccco2)c2ccccc21.[Br-]. The Morgan fingerprint density at radius 1 is 1.08 bits per heavy atom. The molecular weight excluding hydrogens is 396 g/mol. The molecule has 2 heterocycles. The highest BCUT2D eigenvalue weighted by Gasteiger charge is 2.16. The molecule has 0 fully saturated rings. The van der Waals surface area contributed by atoms with Gasteiger partial charge in [-0.25, -0.2) is 0 Å². The minimum Gasteiger partial charge on any atom is -1.00 e. The Hall–Kier alpha value is -2.12. The van der Waals surface area contributed by atoms with E-state index in [4.69, 9.17) is 9.83 Å². The number of aromatic nitrogens is 2. The minimum absolute atomic E-state index is 0. The van der Waals surface area contributed by atoms with E-state index in [2.05, 4.69) is 13.8 Å². The lowest BCUT2D eigenvalue weighted by Gasteiger charge is -2.15. The highest BCUT2D eigenvalue weighted by atomic mass is 79.9. The summed E-state index contributed by atoms with van der Waals surface area (Å²) in [7, 11) is 0. The van der Waals surface area contributed by atoms with E-state index in [-0.39, 0.29) is 29.3 Å². The predicted molar refractivity (Wildman–Crippen MR) is 95.7 cm³/mol. The van der Waals surface area contributed by atoms with Crippen molar-refractivity contribution in [3.05, 3.63) is 54.0 Å². The van der Waals surface area contributed by atoms with Crippen LogP contribution >= 0.6 is 0 Å². The van der Waals surface area contributed by atoms with Crippen LogP contribution in [0.25, 0.3) is 11.0 Å². The number of fused-ring (bicyclic) bond motifs is 1. The molecule has 140 valence electrons. The first-order valence-electron chi connectivity index (χ1n) is 8.78. The van der Waals surface area contributed by atoms with Crippen molar-refractivity contribution in [1.29, 1.82) is 5.41 Å². The molecule has 26 heavy (non-hydrogen) atoms. The highest BCUT2D eigenvalue weighted by molar-refractivity contribution is 5.94. The van der Waals surface area contributed by atoms with E-state index in [1.807, 2.05) is 28.8 Å². The first-order chi connectivity index (χ1) is 12.2. The number of furan rings is 1. The van der Waals surface area contributed by atoms with E-state index in [0.29, 0.717) is 11.4 Å². The van der Waals surface area contributed by atoms with Crippen LogP contribution in [-0.4, -0.2) is 34.6 Å². The number of quaternary nitrogens is 1. The van der Waals surface area contributed by atoms with E-state index < -0.39 is 0 Å². The molecule has 0 unspecified atom stereocenters. The lowest BCUT2D eigenvalue weighted by molar-refractivity contribution is -0.897. The number of carbonyl (C=O) groups excluding carboxylic acids is 1. The molecule has 2 aromatic heterocycles. The van der Waals surface area contributed by atoms with Crippen molar-refractivity contribution in [2.24, 2.45) is 0 Å². The number of nitrogens with one attached hydrogen (secondary N) is 2. The molecule has 0 saturated carbocycles. The van der Waals surface area contributed by atoms with Crippen LogP contribution in [0.2, 0.25) is 0 Å². The average Bonchev–Trinajstić information content (AvgIpc) is 3.25. The topological polar surface area (TPSA) is 68.4 Å². The molecule has 3 aromatic rings. The van der Waals surface area contributed by atoms with Crippen molar-refractivity contribution in [3.63, 3.8) is 0 Å². The van der Waals surface area contributed by atoms with Crippen LogP contribution in [0.4, 0.5) is 0 Å². The van der Waals surface area contributed by atoms with E-state index in [0.717, 1.165) is 37.2 Å². The molecule has 0 atom stereocenters. The Morgan fingerprint density at radius 3 is 2.31 bits per heavy atom. The molecule has 1 aromatic carbocycles. The zero-order valence-corrected chi connectivity index (χ0v) is 16.8. The van der Waals surface area contributed by atoms with E-state index in [1.165, 1.54) is 11.2 Å². The molecule has 6 nitrogen and oxygen atoms in total. The maximum atomic E-state index is 12.4. The van der Waals surface area contributed by atoms with Gasteiger partial charge in [-0.1, -0.05) is 12.1 Å². The maximum absolute atomic E-state index is 12.4. The van der Waals surface area contributed by atoms with Crippen molar-refractivity contribution >= 4 is 16.8 Å². The van der Waals surface area contributed by atoms with Gasteiger partial charge in [-0.2, -0.15) is 0 Å². The van der Waals surface area contributed by atoms with Crippen LogP contribution < -0.4 is 27.5 Å². The van der Waals surface area contributed by atoms with E-state index in [1.54, 1.807) is 16.7 Å². The summed E-state index contributed by atoms with van der Waals surface area (Å²) in [5, 5.41) is 8.59. The fraction of sp³-hybridized carbons (Fsp3) is 0.368. The Morgan fingerprint density at radius 2 is 1.73 bits per heavy atom. The number of Topliss-reactive ketones (excluding diaryl/α,β-unsaturated/α-hetero) is 1. The number of benzene rings is 1. The van der Waals surface area contributed by atoms with Gasteiger partial charge in [-0.15, -0.1) is 0 Å². The highest BCUT2D eigenvalue weighted by Crippen LogP contribution is 2.13. The first-order valence-corrected chi connectivity index (χ1v) is 8.78. The van der Waals surface area contributed by atoms with Gasteiger partial charge in [-0.3, -0.25) is 10.2 Å². The molecule has 0 spiro atoms. The molecule has 0 radical (unpaired) electrons. The van der Waals surface area contributed by atoms with Crippen molar-refractivity contribution in [2.45, 2.75) is 26.9 Å². The van der Waals surface area contributed by atoms with Gasteiger partial charge in [0.1, 0.15) is 0 Å². The van der Waals surface area contributed by atoms with Crippen LogP contribution in [0.1, 0.15) is 24.4 Å². The van der Waals surface area contributed by atoms with Gasteiger partial charge < -0.3 is 35.4 Å². The van der Waals surface area contributed by atoms with Gasteiger partial charge in [0.25, 0.3) is 0 Å². The summed E-state index contributed by atoms with van der Waals surface area (Å²) < 4.78 is 8.96. The largest absolute Gasteiger partial charge is 1.00 e. The Balaban J connectivity index is 0.00000243. The van der Waals surface area contributed by atoms with Crippen molar-refractivity contribution in [2.75, 3.05) is 19.6 Å². The number of hydrogen-bond donors (Lipinski definition) is 2. The van der Waals surface area contributed by atoms with Crippen LogP contribution in [0.5, 0.6) is 0 Å². The summed E-state index contributed by atoms with van der Waals surface area (Å²) in [6.07, 6.45) is 1.50. The maximum Gasteiger partial charge on any atom is 0.217 e. The standard InChI is InChI=1S/C19H24N4O2.BrH/c1-3-21(4-2)11-12-22-15-8-5-6-9-16(15)23(19(22)20)14-17(24)18-10-7-13-25-18;/h5-10,13,20H,3-4,11-12,14H2,1-2H3;1H. The number of rotatable bonds is 8. The van der Waals surface area contributed by atoms with E-state index in [9.17, 15) is 4.79 Å². The quantitative estimate of drug-likeness (QED) is 0.427. The second-order valence-electron chi connectivity index (χ2n) is 6.16. The number of imidazole rings is 1. The lowest BCUT2D eigenvalue weighted by Crippen LogP contribution is -3.11. The molecule has 0 amide bonds. The zero-order chi connectivity index (χ0) is 17.8. The molecular formula is C19H25BrN4O2. The first kappa shape index (κ1) is 20.2. The van der Waals surface area contributed by atoms with Crippen LogP contribution in [-0.2, 0) is 13.1 Å². The minimum atomic E-state index is -0.124. The smallest absolute Gasteiger partial charge is 0.217 e. The summed E-state index contributed by atoms with van der Waals surface area (Å²) in [6, 6.07) is 11.3. The van der Waals surface area contributed by atoms with Crippen LogP contribution in [0, 0.1) is 5.41 Å². The number of carbonyl (C=O) groups is 1. The summed E-state index contributed by atoms with van der Waals surface area (Å²) in [5.74, 6) is 0.206. The predicted octanol–water partition coefficient (Wildman–Crippen LogP) is -1.67. The van der Waals surface area contributed by atoms with Gasteiger partial charge in [-0.05, 0) is 38.1 Å². The number of para-hydroxylation sites is 2. The Labute approximate surface area is 163 Å². The third-order valence-corrected chi connectivity index (χ3v) is 4.76. The lowest BCUT2D eigenvalue weighted by atomic mass is 10.3. The third-order valence-electron chi connectivity index (χ3n) is 4.76. The fourth-order valence-corrected chi connectivity index (χ4v) is 3.21. The Bertz CT molecular complexity index is 907. The zero-order valence-electron chi connectivity index (χ0n) is 15.2. The summed E-state index contributed by atoms with van der Waals surface area (Å²) in [5.41, 5.74) is 2.25. The number of ketones is 1. The van der Waals surface area contributed by atoms with Gasteiger partial charge in [0.05, 0.1) is 50.0 Å². The molecule has 0 aliphatic rings. The molecule has 0 aliphatic heterocycles. The monoisotopic (exact) mass is 420 g/mol. The van der Waals surface area contributed by atoms with Crippen molar-refractivity contribution in [1.82, 2.24) is 9.13 Å². The van der Waals surface area contributed by atoms with Crippen LogP contribution in [0.3, 0.4) is 0 Å². The van der Waals surface area contributed by atoms with Crippen LogP contribution in [0.15, 0.2) is 47.1 Å². The van der Waals surface area contributed by atoms with Gasteiger partial charge in [0.2, 0.25) is 11.4 Å². The molecule has 0 saturated heterocycles. The number of likely N-dealkylation sites (N-methyl/N-ethyl adjacent to an activating group) is 1. The van der Waals surface area contributed by atoms with Crippen molar-refractivity contribution < 1.29 is 31.1 Å². The molecule has 7 heteroatoms. The summed E-state index contributed by atoms with van der Waals surface area (Å²) in [6.45, 7) is 8.33. The van der Waals surface area contributed by atoms with E-state index >= 15 is 0 Å². The number of hydrogen-bond acceptors (Lipinski definition) is 3. The molecule has 0 aliphatic carbocycles. The van der Waals surface area contributed by atoms with Gasteiger partial charge in [0.15, 0.2) is 5.76 Å². The van der Waals surface area contributed by atoms with Crippen molar-refractivity contribution in [3.8, 4) is 0 Å². The third kappa shape index (κ3) is 3.99. The average molecular weight is 421 g/mol. The normalized spacial score (nSPS) is 11.0. The Kier molecular flexibility index (Phi) is 6.99. The molecule has 3 rings (SSSR count). The summed E-state index contributed by atoms with van der Waals surface area (Å²) >= 11 is 0. The fourth-order valence-electron chi connectivity index (χ4n) is 3.21. The summed E-state index contributed by atoms with van der Waals surface area (Å²) in [4.78, 5) is 13.9. The second kappa shape index (κ2) is 9.00.